The maximum Gasteiger partial charge on any atom is 0.321 e. The first-order valence-corrected chi connectivity index (χ1v) is 7.31. The standard InChI is InChI=1S/C14H28N4O2/c1-14(2,9-15)10-18(3)8-12(19)17-13(20)16-11-6-4-5-7-11/h11H,4-10,15H2,1-3H3,(H2,16,17,19,20). The normalized spacial score (nSPS) is 16.4. The Hall–Kier alpha value is -1.14. The van der Waals surface area contributed by atoms with Crippen LogP contribution in [-0.4, -0.2) is 49.6 Å². The molecule has 0 radical (unpaired) electrons. The molecular weight excluding hydrogens is 256 g/mol. The van der Waals surface area contributed by atoms with E-state index in [2.05, 4.69) is 10.6 Å². The summed E-state index contributed by atoms with van der Waals surface area (Å²) in [7, 11) is 1.85. The highest BCUT2D eigenvalue weighted by atomic mass is 16.2. The second-order valence-electron chi connectivity index (χ2n) is 6.54. The Morgan fingerprint density at radius 3 is 2.45 bits per heavy atom. The number of rotatable bonds is 6. The van der Waals surface area contributed by atoms with Crippen molar-refractivity contribution in [3.05, 3.63) is 0 Å². The third-order valence-electron chi connectivity index (χ3n) is 3.61. The highest BCUT2D eigenvalue weighted by Gasteiger charge is 2.21. The van der Waals surface area contributed by atoms with E-state index in [1.165, 1.54) is 0 Å². The molecule has 0 saturated heterocycles. The minimum absolute atomic E-state index is 0.0405. The molecule has 1 saturated carbocycles. The van der Waals surface area contributed by atoms with Gasteiger partial charge in [-0.1, -0.05) is 26.7 Å². The Labute approximate surface area is 121 Å². The molecular formula is C14H28N4O2. The number of nitrogens with zero attached hydrogens (tertiary/aromatic N) is 1. The van der Waals surface area contributed by atoms with Crippen molar-refractivity contribution in [2.45, 2.75) is 45.6 Å². The molecule has 0 spiro atoms. The largest absolute Gasteiger partial charge is 0.335 e. The van der Waals surface area contributed by atoms with E-state index >= 15 is 0 Å². The van der Waals surface area contributed by atoms with Crippen molar-refractivity contribution >= 4 is 11.9 Å². The second-order valence-corrected chi connectivity index (χ2v) is 6.54. The zero-order valence-corrected chi connectivity index (χ0v) is 12.9. The van der Waals surface area contributed by atoms with Crippen LogP contribution in [0.4, 0.5) is 4.79 Å². The van der Waals surface area contributed by atoms with Crippen molar-refractivity contribution in [3.8, 4) is 0 Å². The lowest BCUT2D eigenvalue weighted by Crippen LogP contribution is -2.47. The SMILES string of the molecule is CN(CC(=O)NC(=O)NC1CCCC1)CC(C)(C)CN. The van der Waals surface area contributed by atoms with Gasteiger partial charge in [0, 0.05) is 12.6 Å². The first-order chi connectivity index (χ1) is 9.32. The van der Waals surface area contributed by atoms with Gasteiger partial charge in [-0.15, -0.1) is 0 Å². The van der Waals surface area contributed by atoms with Crippen molar-refractivity contribution in [3.63, 3.8) is 0 Å². The van der Waals surface area contributed by atoms with E-state index in [0.717, 1.165) is 25.7 Å². The van der Waals surface area contributed by atoms with Crippen LogP contribution in [0.2, 0.25) is 0 Å². The molecule has 1 fully saturated rings. The zero-order chi connectivity index (χ0) is 15.2. The summed E-state index contributed by atoms with van der Waals surface area (Å²) < 4.78 is 0. The van der Waals surface area contributed by atoms with Gasteiger partial charge in [-0.2, -0.15) is 0 Å². The van der Waals surface area contributed by atoms with Crippen molar-refractivity contribution in [1.29, 1.82) is 0 Å². The van der Waals surface area contributed by atoms with Crippen LogP contribution in [0.1, 0.15) is 39.5 Å². The molecule has 0 bridgehead atoms. The number of imide groups is 1. The number of likely N-dealkylation sites (N-methyl/N-ethyl adjacent to an activating group) is 1. The number of nitrogens with two attached hydrogens (primary N) is 1. The number of carbonyl (C=O) groups excluding carboxylic acids is 2. The fraction of sp³-hybridized carbons (Fsp3) is 0.857. The Morgan fingerprint density at radius 2 is 1.90 bits per heavy atom. The van der Waals surface area contributed by atoms with Gasteiger partial charge in [0.1, 0.15) is 0 Å². The molecule has 3 amide bonds. The van der Waals surface area contributed by atoms with Gasteiger partial charge in [0.05, 0.1) is 6.54 Å². The molecule has 1 aliphatic rings. The minimum atomic E-state index is -0.381. The van der Waals surface area contributed by atoms with Crippen LogP contribution in [0.25, 0.3) is 0 Å². The van der Waals surface area contributed by atoms with Gasteiger partial charge in [0.15, 0.2) is 0 Å². The van der Waals surface area contributed by atoms with E-state index in [4.69, 9.17) is 5.73 Å². The summed E-state index contributed by atoms with van der Waals surface area (Å²) in [4.78, 5) is 25.3. The third-order valence-corrected chi connectivity index (χ3v) is 3.61. The predicted octanol–water partition coefficient (Wildman–Crippen LogP) is 0.672. The number of hydrogen-bond donors (Lipinski definition) is 3. The average Bonchev–Trinajstić information content (AvgIpc) is 2.80. The molecule has 20 heavy (non-hydrogen) atoms. The first kappa shape index (κ1) is 16.9. The molecule has 0 aromatic carbocycles. The fourth-order valence-corrected chi connectivity index (χ4v) is 2.55. The average molecular weight is 284 g/mol. The first-order valence-electron chi connectivity index (χ1n) is 7.31. The Kier molecular flexibility index (Phi) is 6.42. The topological polar surface area (TPSA) is 87.5 Å². The van der Waals surface area contributed by atoms with E-state index in [9.17, 15) is 9.59 Å². The summed E-state index contributed by atoms with van der Waals surface area (Å²) >= 11 is 0. The lowest BCUT2D eigenvalue weighted by molar-refractivity contribution is -0.121. The van der Waals surface area contributed by atoms with Gasteiger partial charge < -0.3 is 11.1 Å². The third kappa shape index (κ3) is 6.34. The van der Waals surface area contributed by atoms with Gasteiger partial charge in [-0.05, 0) is 31.8 Å². The van der Waals surface area contributed by atoms with Crippen LogP contribution < -0.4 is 16.4 Å². The summed E-state index contributed by atoms with van der Waals surface area (Å²) in [5.41, 5.74) is 5.63. The fourth-order valence-electron chi connectivity index (χ4n) is 2.55. The molecule has 0 aromatic rings. The van der Waals surface area contributed by atoms with E-state index in [1.54, 1.807) is 0 Å². The Balaban J connectivity index is 2.26. The van der Waals surface area contributed by atoms with Crippen LogP contribution >= 0.6 is 0 Å². The highest BCUT2D eigenvalue weighted by Crippen LogP contribution is 2.17. The van der Waals surface area contributed by atoms with Gasteiger partial charge in [-0.25, -0.2) is 4.79 Å². The van der Waals surface area contributed by atoms with Crippen LogP contribution in [0.15, 0.2) is 0 Å². The predicted molar refractivity (Wildman–Crippen MR) is 79.3 cm³/mol. The smallest absolute Gasteiger partial charge is 0.321 e. The van der Waals surface area contributed by atoms with E-state index in [0.29, 0.717) is 13.1 Å². The molecule has 116 valence electrons. The quantitative estimate of drug-likeness (QED) is 0.669. The summed E-state index contributed by atoms with van der Waals surface area (Å²) in [5, 5.41) is 5.21. The number of carbonyl (C=O) groups is 2. The Bertz CT molecular complexity index is 338. The summed E-state index contributed by atoms with van der Waals surface area (Å²) in [6, 6.07) is -0.162. The molecule has 6 heteroatoms. The number of amides is 3. The number of urea groups is 1. The van der Waals surface area contributed by atoms with Crippen LogP contribution in [-0.2, 0) is 4.79 Å². The maximum absolute atomic E-state index is 11.8. The summed E-state index contributed by atoms with van der Waals surface area (Å²) in [6.45, 7) is 5.56. The minimum Gasteiger partial charge on any atom is -0.335 e. The molecule has 0 unspecified atom stereocenters. The highest BCUT2D eigenvalue weighted by molar-refractivity contribution is 5.95. The van der Waals surface area contributed by atoms with Gasteiger partial charge >= 0.3 is 6.03 Å². The molecule has 0 aromatic heterocycles. The molecule has 1 aliphatic carbocycles. The summed E-state index contributed by atoms with van der Waals surface area (Å²) in [6.07, 6.45) is 4.31. The number of hydrogen-bond acceptors (Lipinski definition) is 4. The molecule has 0 atom stereocenters. The zero-order valence-electron chi connectivity index (χ0n) is 12.9. The monoisotopic (exact) mass is 284 g/mol. The molecule has 6 nitrogen and oxygen atoms in total. The molecule has 1 rings (SSSR count). The van der Waals surface area contributed by atoms with Crippen LogP contribution in [0.5, 0.6) is 0 Å². The molecule has 0 aliphatic heterocycles. The molecule has 0 heterocycles. The Morgan fingerprint density at radius 1 is 1.30 bits per heavy atom. The van der Waals surface area contributed by atoms with E-state index < -0.39 is 0 Å². The maximum atomic E-state index is 11.8. The lowest BCUT2D eigenvalue weighted by Gasteiger charge is -2.28. The van der Waals surface area contributed by atoms with Crippen molar-refractivity contribution in [1.82, 2.24) is 15.5 Å². The van der Waals surface area contributed by atoms with Crippen molar-refractivity contribution in [2.75, 3.05) is 26.7 Å². The van der Waals surface area contributed by atoms with E-state index in [-0.39, 0.29) is 29.9 Å². The van der Waals surface area contributed by atoms with Gasteiger partial charge in [0.2, 0.25) is 5.91 Å². The lowest BCUT2D eigenvalue weighted by atomic mass is 9.93. The van der Waals surface area contributed by atoms with Crippen LogP contribution in [0, 0.1) is 5.41 Å². The number of nitrogens with one attached hydrogen (secondary N) is 2. The van der Waals surface area contributed by atoms with Crippen molar-refractivity contribution in [2.24, 2.45) is 11.1 Å². The second kappa shape index (κ2) is 7.59. The van der Waals surface area contributed by atoms with Crippen LogP contribution in [0.3, 0.4) is 0 Å². The van der Waals surface area contributed by atoms with Gasteiger partial charge in [0.25, 0.3) is 0 Å². The van der Waals surface area contributed by atoms with Gasteiger partial charge in [-0.3, -0.25) is 15.0 Å². The summed E-state index contributed by atoms with van der Waals surface area (Å²) in [5.74, 6) is -0.282. The van der Waals surface area contributed by atoms with E-state index in [1.807, 2.05) is 25.8 Å². The van der Waals surface area contributed by atoms with Crippen molar-refractivity contribution < 1.29 is 9.59 Å². The molecule has 4 N–H and O–H groups in total.